The van der Waals surface area contributed by atoms with Crippen LogP contribution in [0.15, 0.2) is 30.5 Å². The lowest BCUT2D eigenvalue weighted by molar-refractivity contribution is 0.0546. The third-order valence-corrected chi connectivity index (χ3v) is 4.30. The van der Waals surface area contributed by atoms with Gasteiger partial charge < -0.3 is 15.1 Å². The molecule has 2 atom stereocenters. The first-order chi connectivity index (χ1) is 11.2. The minimum absolute atomic E-state index is 0.0260. The molecule has 0 spiro atoms. The zero-order chi connectivity index (χ0) is 16.2. The first kappa shape index (κ1) is 15.8. The molecule has 3 rings (SSSR count). The standard InChI is InChI=1S/C17H22N4O2/c1-2-13-9-16(21-8-6-12(11-22)15(23)10-21)20-17(19-13)14-5-3-4-7-18-14/h3-5,7,9,12,15,22-23H,2,6,8,10-11H2,1H3. The lowest BCUT2D eigenvalue weighted by Gasteiger charge is -2.36. The second kappa shape index (κ2) is 7.02. The van der Waals surface area contributed by atoms with E-state index in [2.05, 4.69) is 26.8 Å². The molecule has 0 bridgehead atoms. The van der Waals surface area contributed by atoms with E-state index in [1.54, 1.807) is 6.20 Å². The molecular formula is C17H22N4O2. The first-order valence-electron chi connectivity index (χ1n) is 8.04. The summed E-state index contributed by atoms with van der Waals surface area (Å²) in [5.41, 5.74) is 1.70. The van der Waals surface area contributed by atoms with Crippen LogP contribution in [0.5, 0.6) is 0 Å². The van der Waals surface area contributed by atoms with Crippen molar-refractivity contribution in [1.29, 1.82) is 0 Å². The summed E-state index contributed by atoms with van der Waals surface area (Å²) in [4.78, 5) is 15.6. The molecule has 2 aromatic rings. The van der Waals surface area contributed by atoms with Gasteiger partial charge in [-0.3, -0.25) is 4.98 Å². The summed E-state index contributed by atoms with van der Waals surface area (Å²) in [5.74, 6) is 1.38. The molecule has 0 radical (unpaired) electrons. The SMILES string of the molecule is CCc1cc(N2CCC(CO)C(O)C2)nc(-c2ccccn2)n1. The van der Waals surface area contributed by atoms with E-state index >= 15 is 0 Å². The topological polar surface area (TPSA) is 82.4 Å². The number of nitrogens with zero attached hydrogens (tertiary/aromatic N) is 4. The summed E-state index contributed by atoms with van der Waals surface area (Å²) < 4.78 is 0. The van der Waals surface area contributed by atoms with Gasteiger partial charge in [0.15, 0.2) is 5.82 Å². The van der Waals surface area contributed by atoms with Gasteiger partial charge in [0, 0.05) is 43.6 Å². The highest BCUT2D eigenvalue weighted by atomic mass is 16.3. The van der Waals surface area contributed by atoms with Gasteiger partial charge in [-0.15, -0.1) is 0 Å². The van der Waals surface area contributed by atoms with Crippen LogP contribution in [0.4, 0.5) is 5.82 Å². The predicted molar refractivity (Wildman–Crippen MR) is 88.1 cm³/mol. The average Bonchev–Trinajstić information content (AvgIpc) is 2.62. The van der Waals surface area contributed by atoms with Gasteiger partial charge in [-0.25, -0.2) is 9.97 Å². The van der Waals surface area contributed by atoms with E-state index in [-0.39, 0.29) is 12.5 Å². The molecule has 2 aromatic heterocycles. The Bertz CT molecular complexity index is 650. The maximum absolute atomic E-state index is 10.2. The Morgan fingerprint density at radius 2 is 2.17 bits per heavy atom. The van der Waals surface area contributed by atoms with E-state index in [1.807, 2.05) is 24.3 Å². The Hall–Kier alpha value is -2.05. The van der Waals surface area contributed by atoms with Crippen LogP contribution < -0.4 is 4.90 Å². The summed E-state index contributed by atoms with van der Waals surface area (Å²) in [7, 11) is 0. The molecule has 0 saturated carbocycles. The zero-order valence-corrected chi connectivity index (χ0v) is 13.3. The molecule has 1 saturated heterocycles. The summed E-state index contributed by atoms with van der Waals surface area (Å²) in [6.07, 6.45) is 2.76. The zero-order valence-electron chi connectivity index (χ0n) is 13.3. The molecule has 2 N–H and O–H groups in total. The van der Waals surface area contributed by atoms with E-state index in [4.69, 9.17) is 0 Å². The van der Waals surface area contributed by atoms with Gasteiger partial charge in [0.05, 0.1) is 6.10 Å². The molecule has 2 unspecified atom stereocenters. The number of hydrogen-bond donors (Lipinski definition) is 2. The summed E-state index contributed by atoms with van der Waals surface area (Å²) in [6.45, 7) is 3.33. The highest BCUT2D eigenvalue weighted by Crippen LogP contribution is 2.24. The summed E-state index contributed by atoms with van der Waals surface area (Å²) >= 11 is 0. The Morgan fingerprint density at radius 1 is 1.30 bits per heavy atom. The van der Waals surface area contributed by atoms with E-state index in [0.717, 1.165) is 36.6 Å². The minimum atomic E-state index is -0.535. The largest absolute Gasteiger partial charge is 0.396 e. The predicted octanol–water partition coefficient (Wildman–Crippen LogP) is 1.28. The van der Waals surface area contributed by atoms with Crippen molar-refractivity contribution in [2.75, 3.05) is 24.6 Å². The van der Waals surface area contributed by atoms with Crippen LogP contribution in [-0.2, 0) is 6.42 Å². The van der Waals surface area contributed by atoms with Crippen molar-refractivity contribution in [2.24, 2.45) is 5.92 Å². The van der Waals surface area contributed by atoms with Crippen molar-refractivity contribution in [3.05, 3.63) is 36.2 Å². The number of anilines is 1. The Morgan fingerprint density at radius 3 is 2.83 bits per heavy atom. The Balaban J connectivity index is 1.90. The number of aryl methyl sites for hydroxylation is 1. The van der Waals surface area contributed by atoms with Crippen LogP contribution in [0, 0.1) is 5.92 Å². The van der Waals surface area contributed by atoms with Crippen molar-refractivity contribution < 1.29 is 10.2 Å². The summed E-state index contributed by atoms with van der Waals surface area (Å²) in [5, 5.41) is 19.4. The first-order valence-corrected chi connectivity index (χ1v) is 8.04. The second-order valence-corrected chi connectivity index (χ2v) is 5.85. The number of piperidine rings is 1. The monoisotopic (exact) mass is 314 g/mol. The number of pyridine rings is 1. The van der Waals surface area contributed by atoms with Gasteiger partial charge in [0.1, 0.15) is 11.5 Å². The van der Waals surface area contributed by atoms with Crippen molar-refractivity contribution in [1.82, 2.24) is 15.0 Å². The molecular weight excluding hydrogens is 292 g/mol. The molecule has 0 aromatic carbocycles. The van der Waals surface area contributed by atoms with Crippen LogP contribution in [0.2, 0.25) is 0 Å². The van der Waals surface area contributed by atoms with Crippen molar-refractivity contribution in [2.45, 2.75) is 25.9 Å². The van der Waals surface area contributed by atoms with Gasteiger partial charge in [0.2, 0.25) is 0 Å². The molecule has 122 valence electrons. The molecule has 1 aliphatic rings. The normalized spacial score (nSPS) is 21.4. The molecule has 0 amide bonds. The highest BCUT2D eigenvalue weighted by molar-refractivity contribution is 5.54. The molecule has 1 fully saturated rings. The van der Waals surface area contributed by atoms with Gasteiger partial charge >= 0.3 is 0 Å². The second-order valence-electron chi connectivity index (χ2n) is 5.85. The van der Waals surface area contributed by atoms with E-state index in [0.29, 0.717) is 12.4 Å². The van der Waals surface area contributed by atoms with Crippen molar-refractivity contribution >= 4 is 5.82 Å². The minimum Gasteiger partial charge on any atom is -0.396 e. The van der Waals surface area contributed by atoms with E-state index in [1.165, 1.54) is 0 Å². The maximum Gasteiger partial charge on any atom is 0.180 e. The summed E-state index contributed by atoms with van der Waals surface area (Å²) in [6, 6.07) is 7.65. The molecule has 0 aliphatic carbocycles. The maximum atomic E-state index is 10.2. The molecule has 23 heavy (non-hydrogen) atoms. The third kappa shape index (κ3) is 3.48. The quantitative estimate of drug-likeness (QED) is 0.885. The van der Waals surface area contributed by atoms with Crippen LogP contribution in [0.25, 0.3) is 11.5 Å². The fourth-order valence-corrected chi connectivity index (χ4v) is 2.84. The van der Waals surface area contributed by atoms with Gasteiger partial charge in [-0.05, 0) is 25.0 Å². The number of rotatable bonds is 4. The van der Waals surface area contributed by atoms with Crippen LogP contribution in [-0.4, -0.2) is 51.0 Å². The Kier molecular flexibility index (Phi) is 4.83. The fraction of sp³-hybridized carbons (Fsp3) is 0.471. The number of β-amino-alcohol motifs (C(OH)–C–C–N with tert-alkyl or cyclic N) is 1. The number of aliphatic hydroxyl groups is 2. The van der Waals surface area contributed by atoms with Gasteiger partial charge in [-0.2, -0.15) is 0 Å². The number of hydrogen-bond acceptors (Lipinski definition) is 6. The van der Waals surface area contributed by atoms with Gasteiger partial charge in [-0.1, -0.05) is 13.0 Å². The van der Waals surface area contributed by atoms with Crippen LogP contribution in [0.3, 0.4) is 0 Å². The van der Waals surface area contributed by atoms with Crippen molar-refractivity contribution in [3.8, 4) is 11.5 Å². The Labute approximate surface area is 135 Å². The number of aromatic nitrogens is 3. The van der Waals surface area contributed by atoms with Crippen LogP contribution in [0.1, 0.15) is 19.0 Å². The lowest BCUT2D eigenvalue weighted by atomic mass is 9.95. The fourth-order valence-electron chi connectivity index (χ4n) is 2.84. The molecule has 3 heterocycles. The third-order valence-electron chi connectivity index (χ3n) is 4.30. The van der Waals surface area contributed by atoms with Gasteiger partial charge in [0.25, 0.3) is 0 Å². The molecule has 6 nitrogen and oxygen atoms in total. The smallest absolute Gasteiger partial charge is 0.180 e. The molecule has 1 aliphatic heterocycles. The molecule has 6 heteroatoms. The average molecular weight is 314 g/mol. The van der Waals surface area contributed by atoms with E-state index < -0.39 is 6.10 Å². The lowest BCUT2D eigenvalue weighted by Crippen LogP contribution is -2.45. The van der Waals surface area contributed by atoms with Crippen LogP contribution >= 0.6 is 0 Å². The van der Waals surface area contributed by atoms with Crippen molar-refractivity contribution in [3.63, 3.8) is 0 Å². The number of aliphatic hydroxyl groups excluding tert-OH is 2. The highest BCUT2D eigenvalue weighted by Gasteiger charge is 2.28. The van der Waals surface area contributed by atoms with E-state index in [9.17, 15) is 10.2 Å².